The number of nitrogens with zero attached hydrogens (tertiary/aromatic N) is 1. The molecule has 0 bridgehead atoms. The lowest BCUT2D eigenvalue weighted by atomic mass is 10.1. The van der Waals surface area contributed by atoms with Crippen LogP contribution < -0.4 is 5.32 Å². The van der Waals surface area contributed by atoms with E-state index in [1.165, 1.54) is 6.92 Å². The minimum atomic E-state index is -0.948. The van der Waals surface area contributed by atoms with Gasteiger partial charge < -0.3 is 10.1 Å². The second-order valence-corrected chi connectivity index (χ2v) is 5.49. The maximum atomic E-state index is 12.0. The van der Waals surface area contributed by atoms with Crippen LogP contribution in [0.25, 0.3) is 0 Å². The number of ether oxygens (including phenoxy) is 1. The zero-order valence-electron chi connectivity index (χ0n) is 13.0. The molecule has 1 unspecified atom stereocenters. The summed E-state index contributed by atoms with van der Waals surface area (Å²) in [5.41, 5.74) is 1.66. The molecule has 0 radical (unpaired) electrons. The molecule has 0 aliphatic heterocycles. The minimum Gasteiger partial charge on any atom is -0.452 e. The molecule has 1 N–H and O–H groups in total. The molecule has 2 aromatic rings. The van der Waals surface area contributed by atoms with Crippen LogP contribution in [0, 0.1) is 11.3 Å². The summed E-state index contributed by atoms with van der Waals surface area (Å²) in [6.07, 6.45) is -0.954. The molecule has 6 heteroatoms. The molecular formula is C18H15ClN2O3. The lowest BCUT2D eigenvalue weighted by molar-refractivity contribution is -0.152. The molecule has 2 aromatic carbocycles. The highest BCUT2D eigenvalue weighted by molar-refractivity contribution is 6.31. The summed E-state index contributed by atoms with van der Waals surface area (Å²) >= 11 is 5.99. The summed E-state index contributed by atoms with van der Waals surface area (Å²) in [6, 6.07) is 15.3. The first-order chi connectivity index (χ1) is 11.5. The van der Waals surface area contributed by atoms with Crippen LogP contribution in [-0.2, 0) is 20.7 Å². The van der Waals surface area contributed by atoms with E-state index < -0.39 is 18.0 Å². The van der Waals surface area contributed by atoms with Gasteiger partial charge in [-0.3, -0.25) is 9.59 Å². The summed E-state index contributed by atoms with van der Waals surface area (Å²) in [7, 11) is 0. The van der Waals surface area contributed by atoms with Gasteiger partial charge in [0.05, 0.1) is 18.1 Å². The number of esters is 1. The maximum Gasteiger partial charge on any atom is 0.311 e. The Bertz CT molecular complexity index is 782. The molecule has 1 atom stereocenters. The van der Waals surface area contributed by atoms with Crippen LogP contribution in [0.2, 0.25) is 5.02 Å². The quantitative estimate of drug-likeness (QED) is 0.845. The smallest absolute Gasteiger partial charge is 0.311 e. The van der Waals surface area contributed by atoms with Crippen molar-refractivity contribution in [2.45, 2.75) is 19.4 Å². The highest BCUT2D eigenvalue weighted by atomic mass is 35.5. The Kier molecular flexibility index (Phi) is 5.94. The van der Waals surface area contributed by atoms with Crippen LogP contribution >= 0.6 is 11.6 Å². The first-order valence-corrected chi connectivity index (χ1v) is 7.61. The number of benzene rings is 2. The Labute approximate surface area is 144 Å². The lowest BCUT2D eigenvalue weighted by Gasteiger charge is -2.14. The number of halogens is 1. The number of nitrogens with one attached hydrogen (secondary N) is 1. The zero-order valence-corrected chi connectivity index (χ0v) is 13.7. The summed E-state index contributed by atoms with van der Waals surface area (Å²) in [5, 5.41) is 11.8. The maximum absolute atomic E-state index is 12.0. The Morgan fingerprint density at radius 2 is 1.88 bits per heavy atom. The average Bonchev–Trinajstić information content (AvgIpc) is 2.57. The molecule has 122 valence electrons. The average molecular weight is 343 g/mol. The van der Waals surface area contributed by atoms with Gasteiger partial charge in [0.15, 0.2) is 6.10 Å². The van der Waals surface area contributed by atoms with E-state index >= 15 is 0 Å². The van der Waals surface area contributed by atoms with Crippen molar-refractivity contribution in [3.8, 4) is 6.07 Å². The predicted octanol–water partition coefficient (Wildman–Crippen LogP) is 3.32. The summed E-state index contributed by atoms with van der Waals surface area (Å²) in [4.78, 5) is 24.0. The van der Waals surface area contributed by atoms with Crippen molar-refractivity contribution in [2.24, 2.45) is 0 Å². The third-order valence-corrected chi connectivity index (χ3v) is 3.62. The van der Waals surface area contributed by atoms with Crippen LogP contribution in [-0.4, -0.2) is 18.0 Å². The zero-order chi connectivity index (χ0) is 17.5. The van der Waals surface area contributed by atoms with E-state index in [-0.39, 0.29) is 6.42 Å². The van der Waals surface area contributed by atoms with Crippen molar-refractivity contribution < 1.29 is 14.3 Å². The van der Waals surface area contributed by atoms with Crippen molar-refractivity contribution in [1.29, 1.82) is 5.26 Å². The lowest BCUT2D eigenvalue weighted by Crippen LogP contribution is -2.30. The molecular weight excluding hydrogens is 328 g/mol. The fourth-order valence-electron chi connectivity index (χ4n) is 1.96. The Morgan fingerprint density at radius 1 is 1.21 bits per heavy atom. The minimum absolute atomic E-state index is 0.00579. The number of carbonyl (C=O) groups is 2. The monoisotopic (exact) mass is 342 g/mol. The van der Waals surface area contributed by atoms with Gasteiger partial charge in [-0.15, -0.1) is 0 Å². The van der Waals surface area contributed by atoms with E-state index in [1.807, 2.05) is 6.07 Å². The van der Waals surface area contributed by atoms with E-state index in [0.29, 0.717) is 21.8 Å². The molecule has 5 nitrogen and oxygen atoms in total. The Morgan fingerprint density at radius 3 is 2.50 bits per heavy atom. The van der Waals surface area contributed by atoms with Crippen molar-refractivity contribution in [1.82, 2.24) is 0 Å². The standard InChI is InChI=1S/C18H15ClN2O3/c1-12(18(23)21-15-8-6-13(11-20)7-9-15)24-17(22)10-14-4-2-3-5-16(14)19/h2-9,12H,10H2,1H3,(H,21,23). The number of hydrogen-bond donors (Lipinski definition) is 1. The van der Waals surface area contributed by atoms with Crippen molar-refractivity contribution in [3.63, 3.8) is 0 Å². The van der Waals surface area contributed by atoms with Crippen LogP contribution in [0.15, 0.2) is 48.5 Å². The fraction of sp³-hybridized carbons (Fsp3) is 0.167. The van der Waals surface area contributed by atoms with Gasteiger partial charge in [-0.1, -0.05) is 29.8 Å². The summed E-state index contributed by atoms with van der Waals surface area (Å²) in [6.45, 7) is 1.49. The third kappa shape index (κ3) is 4.83. The molecule has 0 saturated carbocycles. The van der Waals surface area contributed by atoms with E-state index in [2.05, 4.69) is 5.32 Å². The fourth-order valence-corrected chi connectivity index (χ4v) is 2.16. The van der Waals surface area contributed by atoms with Gasteiger partial charge in [-0.25, -0.2) is 0 Å². The molecule has 0 heterocycles. The normalized spacial score (nSPS) is 11.2. The SMILES string of the molecule is CC(OC(=O)Cc1ccccc1Cl)C(=O)Nc1ccc(C#N)cc1. The topological polar surface area (TPSA) is 79.2 Å². The van der Waals surface area contributed by atoms with Gasteiger partial charge >= 0.3 is 5.97 Å². The first-order valence-electron chi connectivity index (χ1n) is 7.23. The number of nitriles is 1. The number of anilines is 1. The second-order valence-electron chi connectivity index (χ2n) is 5.08. The van der Waals surface area contributed by atoms with E-state index in [0.717, 1.165) is 0 Å². The van der Waals surface area contributed by atoms with Crippen LogP contribution in [0.5, 0.6) is 0 Å². The first kappa shape index (κ1) is 17.5. The van der Waals surface area contributed by atoms with Gasteiger partial charge in [-0.05, 0) is 42.8 Å². The molecule has 0 spiro atoms. The van der Waals surface area contributed by atoms with Crippen molar-refractivity contribution in [2.75, 3.05) is 5.32 Å². The largest absolute Gasteiger partial charge is 0.452 e. The molecule has 1 amide bonds. The molecule has 0 aliphatic rings. The number of hydrogen-bond acceptors (Lipinski definition) is 4. The van der Waals surface area contributed by atoms with Gasteiger partial charge in [0, 0.05) is 10.7 Å². The summed E-state index contributed by atoms with van der Waals surface area (Å²) in [5.74, 6) is -0.988. The van der Waals surface area contributed by atoms with Gasteiger partial charge in [0.2, 0.25) is 0 Å². The van der Waals surface area contributed by atoms with Crippen LogP contribution in [0.3, 0.4) is 0 Å². The molecule has 0 saturated heterocycles. The van der Waals surface area contributed by atoms with Gasteiger partial charge in [0.1, 0.15) is 0 Å². The van der Waals surface area contributed by atoms with Crippen molar-refractivity contribution >= 4 is 29.2 Å². The van der Waals surface area contributed by atoms with Crippen LogP contribution in [0.4, 0.5) is 5.69 Å². The summed E-state index contributed by atoms with van der Waals surface area (Å²) < 4.78 is 5.13. The molecule has 0 aliphatic carbocycles. The second kappa shape index (κ2) is 8.14. The molecule has 24 heavy (non-hydrogen) atoms. The molecule has 0 fully saturated rings. The van der Waals surface area contributed by atoms with E-state index in [1.54, 1.807) is 48.5 Å². The Hall–Kier alpha value is -2.84. The number of carbonyl (C=O) groups excluding carboxylic acids is 2. The Balaban J connectivity index is 1.89. The number of amides is 1. The highest BCUT2D eigenvalue weighted by Crippen LogP contribution is 2.16. The third-order valence-electron chi connectivity index (χ3n) is 3.25. The highest BCUT2D eigenvalue weighted by Gasteiger charge is 2.18. The molecule has 0 aromatic heterocycles. The molecule has 2 rings (SSSR count). The van der Waals surface area contributed by atoms with Gasteiger partial charge in [-0.2, -0.15) is 5.26 Å². The van der Waals surface area contributed by atoms with Gasteiger partial charge in [0.25, 0.3) is 5.91 Å². The number of rotatable bonds is 5. The van der Waals surface area contributed by atoms with Crippen LogP contribution in [0.1, 0.15) is 18.1 Å². The predicted molar refractivity (Wildman–Crippen MR) is 90.5 cm³/mol. The van der Waals surface area contributed by atoms with Crippen molar-refractivity contribution in [3.05, 3.63) is 64.7 Å². The van der Waals surface area contributed by atoms with E-state index in [9.17, 15) is 9.59 Å². The van der Waals surface area contributed by atoms with E-state index in [4.69, 9.17) is 21.6 Å².